The lowest BCUT2D eigenvalue weighted by Crippen LogP contribution is -2.56. The molecule has 144 valence electrons. The van der Waals surface area contributed by atoms with Crippen LogP contribution in [0.25, 0.3) is 0 Å². The molecule has 2 fully saturated rings. The average Bonchev–Trinajstić information content (AvgIpc) is 2.66. The molecule has 0 radical (unpaired) electrons. The van der Waals surface area contributed by atoms with Crippen LogP contribution in [-0.4, -0.2) is 42.3 Å². The molecule has 1 saturated heterocycles. The Kier molecular flexibility index (Phi) is 5.76. The molecule has 1 aliphatic carbocycles. The molecule has 0 aromatic heterocycles. The maximum absolute atomic E-state index is 12.9. The Morgan fingerprint density at radius 1 is 1.27 bits per heavy atom. The Hall–Kier alpha value is -1.75. The van der Waals surface area contributed by atoms with E-state index in [0.717, 1.165) is 49.2 Å². The number of methoxy groups -OCH3 is 2. The topological polar surface area (TPSA) is 59.0 Å². The summed E-state index contributed by atoms with van der Waals surface area (Å²) in [6, 6.07) is 5.57. The number of fused-ring (bicyclic) bond motifs is 1. The van der Waals surface area contributed by atoms with Gasteiger partial charge in [-0.15, -0.1) is 0 Å². The lowest BCUT2D eigenvalue weighted by molar-refractivity contribution is -0.155. The fourth-order valence-corrected chi connectivity index (χ4v) is 4.77. The Morgan fingerprint density at radius 2 is 2.08 bits per heavy atom. The first-order valence-corrected chi connectivity index (χ1v) is 9.78. The smallest absolute Gasteiger partial charge is 0.223 e. The fraction of sp³-hybridized carbons (Fsp3) is 0.667. The molecule has 1 amide bonds. The van der Waals surface area contributed by atoms with Gasteiger partial charge < -0.3 is 19.5 Å². The van der Waals surface area contributed by atoms with Crippen LogP contribution in [0.15, 0.2) is 18.2 Å². The number of hydrogen-bond acceptors (Lipinski definition) is 4. The van der Waals surface area contributed by atoms with E-state index in [0.29, 0.717) is 19.4 Å². The molecular formula is C21H31NO4. The first-order chi connectivity index (χ1) is 12.5. The van der Waals surface area contributed by atoms with E-state index >= 15 is 0 Å². The van der Waals surface area contributed by atoms with Gasteiger partial charge in [0.1, 0.15) is 11.5 Å². The second kappa shape index (κ2) is 7.87. The zero-order chi connectivity index (χ0) is 18.7. The molecule has 3 rings (SSSR count). The first-order valence-electron chi connectivity index (χ1n) is 9.78. The minimum Gasteiger partial charge on any atom is -0.497 e. The van der Waals surface area contributed by atoms with Gasteiger partial charge in [0.2, 0.25) is 5.91 Å². The number of ether oxygens (including phenoxy) is 2. The summed E-state index contributed by atoms with van der Waals surface area (Å²) in [5.74, 6) is 1.69. The van der Waals surface area contributed by atoms with Crippen LogP contribution in [0.3, 0.4) is 0 Å². The predicted octanol–water partition coefficient (Wildman–Crippen LogP) is 3.70. The van der Waals surface area contributed by atoms with E-state index in [9.17, 15) is 9.90 Å². The van der Waals surface area contributed by atoms with Crippen molar-refractivity contribution >= 4 is 5.91 Å². The lowest BCUT2D eigenvalue weighted by Gasteiger charge is -2.52. The van der Waals surface area contributed by atoms with Crippen molar-refractivity contribution in [1.82, 2.24) is 4.90 Å². The van der Waals surface area contributed by atoms with Crippen molar-refractivity contribution in [2.45, 2.75) is 63.5 Å². The zero-order valence-corrected chi connectivity index (χ0v) is 16.2. The van der Waals surface area contributed by atoms with E-state index in [4.69, 9.17) is 9.47 Å². The van der Waals surface area contributed by atoms with Crippen LogP contribution in [0.2, 0.25) is 0 Å². The number of likely N-dealkylation sites (tertiary alicyclic amines) is 1. The zero-order valence-electron chi connectivity index (χ0n) is 16.2. The summed E-state index contributed by atoms with van der Waals surface area (Å²) in [7, 11) is 3.29. The largest absolute Gasteiger partial charge is 0.497 e. The monoisotopic (exact) mass is 361 g/mol. The number of rotatable bonds is 5. The van der Waals surface area contributed by atoms with Crippen molar-refractivity contribution in [2.24, 2.45) is 5.92 Å². The molecular weight excluding hydrogens is 330 g/mol. The average molecular weight is 361 g/mol. The normalized spacial score (nSPS) is 28.4. The number of amides is 1. The van der Waals surface area contributed by atoms with Crippen LogP contribution in [0.4, 0.5) is 0 Å². The third kappa shape index (κ3) is 3.41. The summed E-state index contributed by atoms with van der Waals surface area (Å²) < 4.78 is 11.1. The van der Waals surface area contributed by atoms with Crippen LogP contribution in [0, 0.1) is 5.92 Å². The highest BCUT2D eigenvalue weighted by molar-refractivity contribution is 5.77. The van der Waals surface area contributed by atoms with Gasteiger partial charge in [-0.05, 0) is 43.9 Å². The summed E-state index contributed by atoms with van der Waals surface area (Å²) in [5, 5.41) is 11.3. The number of carbonyl (C=O) groups is 1. The molecule has 5 heteroatoms. The predicted molar refractivity (Wildman–Crippen MR) is 100 cm³/mol. The lowest BCUT2D eigenvalue weighted by atomic mass is 9.66. The maximum atomic E-state index is 12.9. The van der Waals surface area contributed by atoms with Gasteiger partial charge in [0.05, 0.1) is 25.9 Å². The number of benzene rings is 1. The van der Waals surface area contributed by atoms with Crippen LogP contribution in [0.5, 0.6) is 11.5 Å². The number of aliphatic hydroxyl groups is 1. The van der Waals surface area contributed by atoms with Crippen molar-refractivity contribution in [3.63, 3.8) is 0 Å². The minimum absolute atomic E-state index is 0.0341. The van der Waals surface area contributed by atoms with Crippen LogP contribution in [0.1, 0.15) is 63.5 Å². The third-order valence-electron chi connectivity index (χ3n) is 6.11. The quantitative estimate of drug-likeness (QED) is 0.869. The van der Waals surface area contributed by atoms with E-state index < -0.39 is 5.60 Å². The van der Waals surface area contributed by atoms with Crippen molar-refractivity contribution < 1.29 is 19.4 Å². The molecule has 26 heavy (non-hydrogen) atoms. The van der Waals surface area contributed by atoms with Gasteiger partial charge in [-0.2, -0.15) is 0 Å². The number of nitrogens with zero attached hydrogens (tertiary/aromatic N) is 1. The molecule has 1 heterocycles. The molecule has 3 atom stereocenters. The summed E-state index contributed by atoms with van der Waals surface area (Å²) in [6.07, 6.45) is 5.91. The molecule has 2 aliphatic rings. The summed E-state index contributed by atoms with van der Waals surface area (Å²) in [6.45, 7) is 2.62. The van der Waals surface area contributed by atoms with Crippen molar-refractivity contribution in [3.8, 4) is 11.5 Å². The highest BCUT2D eigenvalue weighted by Crippen LogP contribution is 2.51. The van der Waals surface area contributed by atoms with Crippen LogP contribution < -0.4 is 9.47 Å². The Morgan fingerprint density at radius 3 is 2.77 bits per heavy atom. The van der Waals surface area contributed by atoms with E-state index in [2.05, 4.69) is 0 Å². The molecule has 1 aromatic carbocycles. The van der Waals surface area contributed by atoms with Gasteiger partial charge in [0, 0.05) is 24.4 Å². The van der Waals surface area contributed by atoms with Gasteiger partial charge in [-0.3, -0.25) is 4.79 Å². The summed E-state index contributed by atoms with van der Waals surface area (Å²) in [4.78, 5) is 14.9. The molecule has 1 saturated carbocycles. The fourth-order valence-electron chi connectivity index (χ4n) is 4.77. The van der Waals surface area contributed by atoms with Crippen LogP contribution >= 0.6 is 0 Å². The second-order valence-corrected chi connectivity index (χ2v) is 7.60. The van der Waals surface area contributed by atoms with E-state index in [1.54, 1.807) is 14.2 Å². The van der Waals surface area contributed by atoms with Gasteiger partial charge in [0.25, 0.3) is 0 Å². The minimum atomic E-state index is -0.694. The van der Waals surface area contributed by atoms with E-state index in [1.807, 2.05) is 30.0 Å². The van der Waals surface area contributed by atoms with E-state index in [-0.39, 0.29) is 17.9 Å². The molecule has 0 bridgehead atoms. The summed E-state index contributed by atoms with van der Waals surface area (Å²) >= 11 is 0. The number of carbonyl (C=O) groups excluding carboxylic acids is 1. The molecule has 0 unspecified atom stereocenters. The molecule has 1 aromatic rings. The second-order valence-electron chi connectivity index (χ2n) is 7.60. The maximum Gasteiger partial charge on any atom is 0.223 e. The third-order valence-corrected chi connectivity index (χ3v) is 6.11. The van der Waals surface area contributed by atoms with Crippen molar-refractivity contribution in [3.05, 3.63) is 23.8 Å². The Labute approximate surface area is 156 Å². The van der Waals surface area contributed by atoms with Gasteiger partial charge >= 0.3 is 0 Å². The Balaban J connectivity index is 2.08. The van der Waals surface area contributed by atoms with Crippen molar-refractivity contribution in [2.75, 3.05) is 20.8 Å². The molecule has 5 nitrogen and oxygen atoms in total. The molecule has 1 aliphatic heterocycles. The van der Waals surface area contributed by atoms with Gasteiger partial charge in [0.15, 0.2) is 0 Å². The first kappa shape index (κ1) is 19.0. The van der Waals surface area contributed by atoms with E-state index in [1.165, 1.54) is 0 Å². The molecule has 0 spiro atoms. The highest BCUT2D eigenvalue weighted by Gasteiger charge is 2.50. The highest BCUT2D eigenvalue weighted by atomic mass is 16.5. The number of piperidine rings is 1. The SMILES string of the molecule is CCCC(=O)N1CC[C@@]2(O)CCCC[C@H]2[C@@H]1c1cc(OC)ccc1OC. The Bertz CT molecular complexity index is 647. The van der Waals surface area contributed by atoms with Gasteiger partial charge in [-0.25, -0.2) is 0 Å². The standard InChI is InChI=1S/C21H31NO4/c1-4-7-19(23)22-13-12-21(24)11-6-5-8-17(21)20(22)16-14-15(25-2)9-10-18(16)26-3/h9-10,14,17,20,24H,4-8,11-13H2,1-3H3/t17-,20-,21-/m0/s1. The van der Waals surface area contributed by atoms with Crippen molar-refractivity contribution in [1.29, 1.82) is 0 Å². The molecule has 1 N–H and O–H groups in total. The number of hydrogen-bond donors (Lipinski definition) is 1. The summed E-state index contributed by atoms with van der Waals surface area (Å²) in [5.41, 5.74) is 0.251. The van der Waals surface area contributed by atoms with Crippen LogP contribution in [-0.2, 0) is 4.79 Å². The van der Waals surface area contributed by atoms with Gasteiger partial charge in [-0.1, -0.05) is 19.8 Å².